The number of anilines is 1. The standard InChI is InChI=1S/C24H30N4O4/c1-5-31-19-9-8-17(11-20(19)30-4)12-25-23(29)18-7-6-10-28(13-18)22-21-15(2)16(3)32-24(21)27-14-26-22/h8-9,11,14,18H,5-7,10,12-13H2,1-4H3,(H,25,29). The molecule has 1 unspecified atom stereocenters. The van der Waals surface area contributed by atoms with Crippen molar-refractivity contribution in [3.8, 4) is 11.5 Å². The van der Waals surface area contributed by atoms with E-state index in [1.807, 2.05) is 39.0 Å². The molecule has 1 aliphatic heterocycles. The first-order chi connectivity index (χ1) is 15.5. The minimum atomic E-state index is -0.105. The summed E-state index contributed by atoms with van der Waals surface area (Å²) in [5, 5.41) is 4.02. The van der Waals surface area contributed by atoms with Crippen molar-refractivity contribution in [2.24, 2.45) is 5.92 Å². The molecule has 1 N–H and O–H groups in total. The molecule has 4 rings (SSSR count). The minimum absolute atomic E-state index is 0.0490. The van der Waals surface area contributed by atoms with Crippen LogP contribution >= 0.6 is 0 Å². The maximum Gasteiger partial charge on any atom is 0.231 e. The number of piperidine rings is 1. The predicted molar refractivity (Wildman–Crippen MR) is 122 cm³/mol. The van der Waals surface area contributed by atoms with Crippen molar-refractivity contribution >= 4 is 22.8 Å². The zero-order valence-corrected chi connectivity index (χ0v) is 19.1. The quantitative estimate of drug-likeness (QED) is 0.600. The Balaban J connectivity index is 1.44. The first-order valence-corrected chi connectivity index (χ1v) is 11.0. The van der Waals surface area contributed by atoms with E-state index in [9.17, 15) is 4.79 Å². The predicted octanol–water partition coefficient (Wildman–Crippen LogP) is 3.78. The lowest BCUT2D eigenvalue weighted by molar-refractivity contribution is -0.125. The Morgan fingerprint density at radius 2 is 2.12 bits per heavy atom. The summed E-state index contributed by atoms with van der Waals surface area (Å²) >= 11 is 0. The number of fused-ring (bicyclic) bond motifs is 1. The maximum absolute atomic E-state index is 13.0. The van der Waals surface area contributed by atoms with Gasteiger partial charge in [-0.15, -0.1) is 0 Å². The van der Waals surface area contributed by atoms with E-state index in [4.69, 9.17) is 13.9 Å². The highest BCUT2D eigenvalue weighted by atomic mass is 16.5. The van der Waals surface area contributed by atoms with E-state index in [0.29, 0.717) is 36.9 Å². The van der Waals surface area contributed by atoms with Crippen LogP contribution in [0.4, 0.5) is 5.82 Å². The molecular weight excluding hydrogens is 408 g/mol. The number of furan rings is 1. The first kappa shape index (κ1) is 21.9. The first-order valence-electron chi connectivity index (χ1n) is 11.0. The number of methoxy groups -OCH3 is 1. The van der Waals surface area contributed by atoms with Crippen LogP contribution < -0.4 is 19.7 Å². The number of aromatic nitrogens is 2. The van der Waals surface area contributed by atoms with Gasteiger partial charge in [0.2, 0.25) is 11.6 Å². The van der Waals surface area contributed by atoms with Gasteiger partial charge in [-0.25, -0.2) is 9.97 Å². The highest BCUT2D eigenvalue weighted by Crippen LogP contribution is 2.33. The van der Waals surface area contributed by atoms with Gasteiger partial charge in [0.15, 0.2) is 11.5 Å². The number of carbonyl (C=O) groups is 1. The number of aryl methyl sites for hydroxylation is 2. The Kier molecular flexibility index (Phi) is 6.48. The van der Waals surface area contributed by atoms with E-state index in [1.54, 1.807) is 7.11 Å². The van der Waals surface area contributed by atoms with Gasteiger partial charge in [0.1, 0.15) is 17.9 Å². The number of hydrogen-bond acceptors (Lipinski definition) is 7. The van der Waals surface area contributed by atoms with Crippen LogP contribution in [0.1, 0.15) is 36.7 Å². The van der Waals surface area contributed by atoms with Crippen LogP contribution in [-0.2, 0) is 11.3 Å². The number of benzene rings is 1. The SMILES string of the molecule is CCOc1ccc(CNC(=O)C2CCCN(c3ncnc4oc(C)c(C)c34)C2)cc1OC. The molecule has 2 aromatic heterocycles. The Bertz CT molecular complexity index is 1110. The molecule has 1 aromatic carbocycles. The third kappa shape index (κ3) is 4.35. The minimum Gasteiger partial charge on any atom is -0.493 e. The van der Waals surface area contributed by atoms with Gasteiger partial charge in [0, 0.05) is 25.2 Å². The molecule has 1 aliphatic rings. The van der Waals surface area contributed by atoms with Crippen molar-refractivity contribution in [2.75, 3.05) is 31.7 Å². The molecule has 0 bridgehead atoms. The topological polar surface area (TPSA) is 89.7 Å². The van der Waals surface area contributed by atoms with E-state index in [0.717, 1.165) is 47.5 Å². The number of amides is 1. The van der Waals surface area contributed by atoms with Gasteiger partial charge in [-0.1, -0.05) is 6.07 Å². The van der Waals surface area contributed by atoms with Gasteiger partial charge >= 0.3 is 0 Å². The van der Waals surface area contributed by atoms with E-state index >= 15 is 0 Å². The van der Waals surface area contributed by atoms with Gasteiger partial charge in [0.25, 0.3) is 0 Å². The molecule has 0 aliphatic carbocycles. The zero-order valence-electron chi connectivity index (χ0n) is 19.1. The average molecular weight is 439 g/mol. The summed E-state index contributed by atoms with van der Waals surface area (Å²) in [4.78, 5) is 23.9. The molecule has 32 heavy (non-hydrogen) atoms. The second kappa shape index (κ2) is 9.46. The summed E-state index contributed by atoms with van der Waals surface area (Å²) in [6.45, 7) is 8.37. The van der Waals surface area contributed by atoms with E-state index in [1.165, 1.54) is 6.33 Å². The number of nitrogens with one attached hydrogen (secondary N) is 1. The Hall–Kier alpha value is -3.29. The molecule has 1 atom stereocenters. The molecule has 3 aromatic rings. The molecule has 8 heteroatoms. The fourth-order valence-corrected chi connectivity index (χ4v) is 4.22. The molecule has 170 valence electrons. The zero-order chi connectivity index (χ0) is 22.7. The van der Waals surface area contributed by atoms with Crippen LogP contribution in [0.2, 0.25) is 0 Å². The Labute approximate surface area is 187 Å². The summed E-state index contributed by atoms with van der Waals surface area (Å²) < 4.78 is 16.7. The number of hydrogen-bond donors (Lipinski definition) is 1. The third-order valence-corrected chi connectivity index (χ3v) is 6.03. The monoisotopic (exact) mass is 438 g/mol. The van der Waals surface area contributed by atoms with Crippen LogP contribution in [0.15, 0.2) is 28.9 Å². The van der Waals surface area contributed by atoms with Crippen molar-refractivity contribution in [3.63, 3.8) is 0 Å². The van der Waals surface area contributed by atoms with Crippen LogP contribution in [0, 0.1) is 19.8 Å². The third-order valence-electron chi connectivity index (χ3n) is 6.03. The highest BCUT2D eigenvalue weighted by Gasteiger charge is 2.28. The van der Waals surface area contributed by atoms with Crippen LogP contribution in [-0.4, -0.2) is 42.7 Å². The molecule has 0 saturated carbocycles. The summed E-state index contributed by atoms with van der Waals surface area (Å²) in [6.07, 6.45) is 3.31. The van der Waals surface area contributed by atoms with Crippen LogP contribution in [0.5, 0.6) is 11.5 Å². The number of nitrogens with zero attached hydrogens (tertiary/aromatic N) is 3. The lowest BCUT2D eigenvalue weighted by Crippen LogP contribution is -2.43. The summed E-state index contributed by atoms with van der Waals surface area (Å²) in [5.74, 6) is 3.01. The smallest absolute Gasteiger partial charge is 0.231 e. The lowest BCUT2D eigenvalue weighted by Gasteiger charge is -2.33. The lowest BCUT2D eigenvalue weighted by atomic mass is 9.96. The number of ether oxygens (including phenoxy) is 2. The molecule has 1 amide bonds. The molecule has 0 radical (unpaired) electrons. The molecule has 8 nitrogen and oxygen atoms in total. The van der Waals surface area contributed by atoms with Gasteiger partial charge in [-0.05, 0) is 51.3 Å². The molecule has 0 spiro atoms. The van der Waals surface area contributed by atoms with Crippen molar-refractivity contribution in [1.29, 1.82) is 0 Å². The largest absolute Gasteiger partial charge is 0.493 e. The fraction of sp³-hybridized carbons (Fsp3) is 0.458. The molecule has 3 heterocycles. The molecule has 1 fully saturated rings. The Morgan fingerprint density at radius 3 is 2.91 bits per heavy atom. The Morgan fingerprint density at radius 1 is 1.28 bits per heavy atom. The number of carbonyl (C=O) groups excluding carboxylic acids is 1. The normalized spacial score (nSPS) is 16.2. The van der Waals surface area contributed by atoms with Gasteiger partial charge in [-0.3, -0.25) is 4.79 Å². The summed E-state index contributed by atoms with van der Waals surface area (Å²) in [7, 11) is 1.62. The van der Waals surface area contributed by atoms with Gasteiger partial charge in [-0.2, -0.15) is 0 Å². The maximum atomic E-state index is 13.0. The molecule has 1 saturated heterocycles. The van der Waals surface area contributed by atoms with Gasteiger partial charge < -0.3 is 24.1 Å². The van der Waals surface area contributed by atoms with E-state index < -0.39 is 0 Å². The number of rotatable bonds is 7. The van der Waals surface area contributed by atoms with E-state index in [2.05, 4.69) is 20.2 Å². The van der Waals surface area contributed by atoms with E-state index in [-0.39, 0.29) is 11.8 Å². The van der Waals surface area contributed by atoms with Crippen LogP contribution in [0.25, 0.3) is 11.1 Å². The van der Waals surface area contributed by atoms with Crippen LogP contribution in [0.3, 0.4) is 0 Å². The van der Waals surface area contributed by atoms with Crippen molar-refractivity contribution in [2.45, 2.75) is 40.2 Å². The van der Waals surface area contributed by atoms with Gasteiger partial charge in [0.05, 0.1) is 25.0 Å². The molecular formula is C24H30N4O4. The second-order valence-corrected chi connectivity index (χ2v) is 8.08. The summed E-state index contributed by atoms with van der Waals surface area (Å²) in [5.41, 5.74) is 2.61. The van der Waals surface area contributed by atoms with Crippen molar-refractivity contribution < 1.29 is 18.7 Å². The van der Waals surface area contributed by atoms with Crippen molar-refractivity contribution in [3.05, 3.63) is 41.4 Å². The average Bonchev–Trinajstić information content (AvgIpc) is 3.12. The fourth-order valence-electron chi connectivity index (χ4n) is 4.22. The highest BCUT2D eigenvalue weighted by molar-refractivity contribution is 5.90. The summed E-state index contributed by atoms with van der Waals surface area (Å²) in [6, 6.07) is 5.73. The van der Waals surface area contributed by atoms with Crippen molar-refractivity contribution in [1.82, 2.24) is 15.3 Å². The second-order valence-electron chi connectivity index (χ2n) is 8.08.